The maximum absolute atomic E-state index is 13.5. The second-order valence-electron chi connectivity index (χ2n) is 15.6. The number of thiazole rings is 2. The molecule has 0 bridgehead atoms. The summed E-state index contributed by atoms with van der Waals surface area (Å²) < 4.78 is 0. The van der Waals surface area contributed by atoms with Gasteiger partial charge in [0.15, 0.2) is 23.1 Å². The number of nitrogens with zero attached hydrogens (tertiary/aromatic N) is 2. The molecule has 6 nitrogen and oxygen atoms in total. The van der Waals surface area contributed by atoms with Crippen molar-refractivity contribution in [3.63, 3.8) is 0 Å². The van der Waals surface area contributed by atoms with Crippen molar-refractivity contribution in [2.75, 3.05) is 0 Å². The first-order valence-corrected chi connectivity index (χ1v) is 19.4. The van der Waals surface area contributed by atoms with Crippen LogP contribution in [-0.4, -0.2) is 33.1 Å². The Morgan fingerprint density at radius 3 is 1.09 bits per heavy atom. The third-order valence-corrected chi connectivity index (χ3v) is 13.8. The predicted molar refractivity (Wildman–Crippen MR) is 214 cm³/mol. The first kappa shape index (κ1) is 31.6. The number of carbonyl (C=O) groups is 4. The molecule has 2 aromatic heterocycles. The Bertz CT molecular complexity index is 2760. The molecule has 0 radical (unpaired) electrons. The number of ketones is 4. The summed E-state index contributed by atoms with van der Waals surface area (Å²) in [5.41, 5.74) is 7.59. The zero-order valence-electron chi connectivity index (χ0n) is 29.6. The summed E-state index contributed by atoms with van der Waals surface area (Å²) in [6, 6.07) is 27.3. The number of fused-ring (bicyclic) bond motifs is 10. The van der Waals surface area contributed by atoms with Crippen molar-refractivity contribution >= 4 is 79.5 Å². The van der Waals surface area contributed by atoms with Crippen molar-refractivity contribution < 1.29 is 19.2 Å². The molecule has 258 valence electrons. The Hall–Kier alpha value is -5.96. The maximum atomic E-state index is 13.5. The van der Waals surface area contributed by atoms with Crippen LogP contribution in [0.3, 0.4) is 0 Å². The van der Waals surface area contributed by atoms with E-state index >= 15 is 0 Å². The minimum Gasteiger partial charge on any atom is -0.288 e. The third-order valence-electron chi connectivity index (χ3n) is 11.7. The van der Waals surface area contributed by atoms with Gasteiger partial charge < -0.3 is 0 Å². The molecule has 0 aliphatic heterocycles. The molecule has 2 heterocycles. The van der Waals surface area contributed by atoms with Crippen LogP contribution in [-0.2, 0) is 10.8 Å². The highest BCUT2D eigenvalue weighted by Gasteiger charge is 2.45. The first-order chi connectivity index (χ1) is 25.9. The highest BCUT2D eigenvalue weighted by molar-refractivity contribution is 7.16. The minimum atomic E-state index is -0.433. The van der Waals surface area contributed by atoms with Crippen LogP contribution in [0.25, 0.3) is 54.6 Å². The van der Waals surface area contributed by atoms with Gasteiger partial charge in [0.05, 0.1) is 32.3 Å². The van der Waals surface area contributed by atoms with E-state index in [4.69, 9.17) is 9.97 Å². The monoisotopic (exact) mass is 736 g/mol. The fourth-order valence-electron chi connectivity index (χ4n) is 8.80. The average molecular weight is 737 g/mol. The summed E-state index contributed by atoms with van der Waals surface area (Å²) in [6.45, 7) is 8.65. The number of hydrogen-bond donors (Lipinski definition) is 0. The molecule has 0 saturated heterocycles. The van der Waals surface area contributed by atoms with Crippen molar-refractivity contribution in [3.05, 3.63) is 151 Å². The molecule has 0 amide bonds. The maximum Gasteiger partial charge on any atom is 0.197 e. The summed E-state index contributed by atoms with van der Waals surface area (Å²) in [5, 5.41) is 4.99. The largest absolute Gasteiger partial charge is 0.288 e. The van der Waals surface area contributed by atoms with Gasteiger partial charge in [-0.25, -0.2) is 9.97 Å². The lowest BCUT2D eigenvalue weighted by atomic mass is 9.81. The van der Waals surface area contributed by atoms with Gasteiger partial charge in [0.25, 0.3) is 0 Å². The standard InChI is InChI=1S/C46H28N2O4S2/c1-45(2)33-17-30-34(18-29(33)41-43(45)47-35(53-41)19-31-37(49)25-13-21-9-5-6-10-22(21)14-26(25)38(31)50)46(3,4)44-42(30)54-36(48-44)20-32-39(51)27-15-23-11-7-8-12-24(23)16-28(27)40(32)52/h5-20H,1-4H3. The molecule has 0 unspecified atom stereocenters. The third kappa shape index (κ3) is 4.04. The lowest BCUT2D eigenvalue weighted by molar-refractivity contribution is 0.0975. The lowest BCUT2D eigenvalue weighted by Gasteiger charge is -2.23. The molecule has 0 N–H and O–H groups in total. The van der Waals surface area contributed by atoms with Crippen LogP contribution in [0.5, 0.6) is 0 Å². The molecule has 0 spiro atoms. The van der Waals surface area contributed by atoms with Crippen molar-refractivity contribution in [3.8, 4) is 20.9 Å². The highest BCUT2D eigenvalue weighted by atomic mass is 32.1. The summed E-state index contributed by atoms with van der Waals surface area (Å²) in [7, 11) is 0. The van der Waals surface area contributed by atoms with Gasteiger partial charge in [0.1, 0.15) is 10.0 Å². The molecule has 0 saturated carbocycles. The summed E-state index contributed by atoms with van der Waals surface area (Å²) >= 11 is 3.02. The number of aromatic nitrogens is 2. The van der Waals surface area contributed by atoms with E-state index in [2.05, 4.69) is 39.8 Å². The fraction of sp³-hybridized carbons (Fsp3) is 0.130. The molecular weight excluding hydrogens is 709 g/mol. The van der Waals surface area contributed by atoms with E-state index in [1.807, 2.05) is 72.8 Å². The second kappa shape index (κ2) is 10.4. The molecule has 4 aliphatic carbocycles. The van der Waals surface area contributed by atoms with Crippen LogP contribution >= 0.6 is 22.7 Å². The molecule has 0 fully saturated rings. The zero-order chi connectivity index (χ0) is 37.0. The first-order valence-electron chi connectivity index (χ1n) is 17.8. The normalized spacial score (nSPS) is 16.9. The van der Waals surface area contributed by atoms with E-state index < -0.39 is 10.8 Å². The number of rotatable bonds is 2. The Morgan fingerprint density at radius 2 is 0.778 bits per heavy atom. The van der Waals surface area contributed by atoms with Crippen LogP contribution in [0, 0.1) is 0 Å². The van der Waals surface area contributed by atoms with Gasteiger partial charge in [0.2, 0.25) is 0 Å². The van der Waals surface area contributed by atoms with E-state index in [1.165, 1.54) is 22.7 Å². The van der Waals surface area contributed by atoms with Crippen LogP contribution in [0.2, 0.25) is 0 Å². The number of benzene rings is 5. The van der Waals surface area contributed by atoms with Crippen LogP contribution in [0.1, 0.15) is 102 Å². The molecule has 54 heavy (non-hydrogen) atoms. The zero-order valence-corrected chi connectivity index (χ0v) is 31.2. The second-order valence-corrected chi connectivity index (χ2v) is 17.6. The van der Waals surface area contributed by atoms with E-state index in [0.717, 1.165) is 64.9 Å². The number of allylic oxidation sites excluding steroid dienone is 2. The summed E-state index contributed by atoms with van der Waals surface area (Å²) in [5.74, 6) is -1.04. The van der Waals surface area contributed by atoms with E-state index in [-0.39, 0.29) is 34.3 Å². The Balaban J connectivity index is 0.957. The lowest BCUT2D eigenvalue weighted by Crippen LogP contribution is -2.18. The average Bonchev–Trinajstić information content (AvgIpc) is 3.97. The van der Waals surface area contributed by atoms with Crippen LogP contribution in [0.15, 0.2) is 96.1 Å². The Kier molecular flexibility index (Phi) is 6.06. The quantitative estimate of drug-likeness (QED) is 0.130. The van der Waals surface area contributed by atoms with Crippen LogP contribution in [0.4, 0.5) is 0 Å². The number of Topliss-reactive ketones (excluding diaryl/α,β-unsaturated/α-hetero) is 4. The molecule has 5 aromatic carbocycles. The topological polar surface area (TPSA) is 94.1 Å². The summed E-state index contributed by atoms with van der Waals surface area (Å²) in [4.78, 5) is 66.3. The Labute approximate surface area is 317 Å². The van der Waals surface area contributed by atoms with Crippen LogP contribution < -0.4 is 0 Å². The molecule has 11 rings (SSSR count). The van der Waals surface area contributed by atoms with Gasteiger partial charge in [-0.05, 0) is 92.3 Å². The van der Waals surface area contributed by atoms with Gasteiger partial charge in [0, 0.05) is 33.1 Å². The fourth-order valence-corrected chi connectivity index (χ4v) is 11.2. The number of carbonyl (C=O) groups excluding carboxylic acids is 4. The van der Waals surface area contributed by atoms with E-state index in [1.54, 1.807) is 12.2 Å². The SMILES string of the molecule is CC1(C)c2cc3c(cc2-c2sc(C=C4C(=O)c5cc6ccccc6cc5C4=O)nc21)C(C)(C)c1nc(C=C2C(=O)c4cc5ccccc5cc4C2=O)sc1-3. The summed E-state index contributed by atoms with van der Waals surface area (Å²) in [6.07, 6.45) is 3.34. The van der Waals surface area contributed by atoms with Gasteiger partial charge in [-0.2, -0.15) is 0 Å². The van der Waals surface area contributed by atoms with Gasteiger partial charge >= 0.3 is 0 Å². The smallest absolute Gasteiger partial charge is 0.197 e. The van der Waals surface area contributed by atoms with Gasteiger partial charge in [-0.3, -0.25) is 19.2 Å². The van der Waals surface area contributed by atoms with E-state index in [9.17, 15) is 19.2 Å². The van der Waals surface area contributed by atoms with Crippen molar-refractivity contribution in [2.45, 2.75) is 38.5 Å². The van der Waals surface area contributed by atoms with Crippen molar-refractivity contribution in [2.24, 2.45) is 0 Å². The van der Waals surface area contributed by atoms with Crippen molar-refractivity contribution in [1.29, 1.82) is 0 Å². The molecule has 7 aromatic rings. The molecule has 4 aliphatic rings. The predicted octanol–water partition coefficient (Wildman–Crippen LogP) is 10.4. The molecule has 0 atom stereocenters. The van der Waals surface area contributed by atoms with Gasteiger partial charge in [-0.1, -0.05) is 76.2 Å². The van der Waals surface area contributed by atoms with Gasteiger partial charge in [-0.15, -0.1) is 22.7 Å². The highest BCUT2D eigenvalue weighted by Crippen LogP contribution is 2.58. The molecule has 8 heteroatoms. The number of hydrogen-bond acceptors (Lipinski definition) is 8. The van der Waals surface area contributed by atoms with Crippen molar-refractivity contribution in [1.82, 2.24) is 9.97 Å². The molecular formula is C46H28N2O4S2. The van der Waals surface area contributed by atoms with E-state index in [0.29, 0.717) is 32.3 Å². The Morgan fingerprint density at radius 1 is 0.463 bits per heavy atom. The minimum absolute atomic E-state index is 0.153.